The van der Waals surface area contributed by atoms with E-state index in [4.69, 9.17) is 5.73 Å². The summed E-state index contributed by atoms with van der Waals surface area (Å²) in [6.45, 7) is 9.31. The third-order valence-corrected chi connectivity index (χ3v) is 4.35. The van der Waals surface area contributed by atoms with Crippen LogP contribution in [0.4, 0.5) is 0 Å². The Kier molecular flexibility index (Phi) is 9.89. The highest BCUT2D eigenvalue weighted by Gasteiger charge is 2.15. The molecule has 0 radical (unpaired) electrons. The SMILES string of the molecule is C=C(/C=C\C(=C/C)C(N)=O)C(/C=C(\C(C)=O)C(=O)NCCc1ccc(C)cc1)=NC. The predicted octanol–water partition coefficient (Wildman–Crippen LogP) is 2.78. The van der Waals surface area contributed by atoms with Crippen LogP contribution in [0.1, 0.15) is 25.0 Å². The van der Waals surface area contributed by atoms with Crippen molar-refractivity contribution in [1.82, 2.24) is 5.32 Å². The first-order valence-corrected chi connectivity index (χ1v) is 9.56. The molecule has 0 heterocycles. The van der Waals surface area contributed by atoms with Crippen LogP contribution in [0.25, 0.3) is 0 Å². The molecule has 2 amide bonds. The molecule has 158 valence electrons. The van der Waals surface area contributed by atoms with E-state index >= 15 is 0 Å². The Morgan fingerprint density at radius 3 is 2.30 bits per heavy atom. The van der Waals surface area contributed by atoms with E-state index in [1.54, 1.807) is 19.1 Å². The van der Waals surface area contributed by atoms with Crippen LogP contribution >= 0.6 is 0 Å². The maximum atomic E-state index is 12.5. The lowest BCUT2D eigenvalue weighted by atomic mass is 10.0. The van der Waals surface area contributed by atoms with Gasteiger partial charge in [-0.25, -0.2) is 0 Å². The zero-order valence-corrected chi connectivity index (χ0v) is 18.0. The maximum absolute atomic E-state index is 12.5. The highest BCUT2D eigenvalue weighted by atomic mass is 16.2. The first-order valence-electron chi connectivity index (χ1n) is 9.56. The Morgan fingerprint density at radius 2 is 1.80 bits per heavy atom. The minimum Gasteiger partial charge on any atom is -0.366 e. The van der Waals surface area contributed by atoms with E-state index in [9.17, 15) is 14.4 Å². The molecule has 0 fully saturated rings. The summed E-state index contributed by atoms with van der Waals surface area (Å²) in [6.07, 6.45) is 6.70. The second-order valence-electron chi connectivity index (χ2n) is 6.68. The van der Waals surface area contributed by atoms with E-state index in [0.29, 0.717) is 29.8 Å². The van der Waals surface area contributed by atoms with Gasteiger partial charge in [-0.1, -0.05) is 48.6 Å². The van der Waals surface area contributed by atoms with Crippen LogP contribution in [-0.4, -0.2) is 36.9 Å². The second kappa shape index (κ2) is 12.1. The summed E-state index contributed by atoms with van der Waals surface area (Å²) in [7, 11) is 1.53. The van der Waals surface area contributed by atoms with E-state index in [1.807, 2.05) is 31.2 Å². The number of primary amides is 1. The number of carbonyl (C=O) groups excluding carboxylic acids is 3. The highest BCUT2D eigenvalue weighted by molar-refractivity contribution is 6.24. The summed E-state index contributed by atoms with van der Waals surface area (Å²) >= 11 is 0. The summed E-state index contributed by atoms with van der Waals surface area (Å²) in [4.78, 5) is 40.0. The van der Waals surface area contributed by atoms with Crippen molar-refractivity contribution in [1.29, 1.82) is 0 Å². The maximum Gasteiger partial charge on any atom is 0.254 e. The number of hydrogen-bond donors (Lipinski definition) is 2. The lowest BCUT2D eigenvalue weighted by molar-refractivity contribution is -0.121. The fourth-order valence-corrected chi connectivity index (χ4v) is 2.53. The van der Waals surface area contributed by atoms with Crippen molar-refractivity contribution in [3.05, 3.63) is 83.0 Å². The Hall–Kier alpha value is -3.54. The van der Waals surface area contributed by atoms with Gasteiger partial charge in [0.25, 0.3) is 5.91 Å². The molecule has 0 bridgehead atoms. The van der Waals surface area contributed by atoms with Crippen LogP contribution in [0.15, 0.2) is 76.9 Å². The Balaban J connectivity index is 2.89. The van der Waals surface area contributed by atoms with Crippen molar-refractivity contribution in [3.63, 3.8) is 0 Å². The zero-order chi connectivity index (χ0) is 22.7. The number of benzene rings is 1. The van der Waals surface area contributed by atoms with Gasteiger partial charge in [0.1, 0.15) is 0 Å². The molecule has 0 saturated carbocycles. The van der Waals surface area contributed by atoms with Crippen LogP contribution in [-0.2, 0) is 20.8 Å². The first-order chi connectivity index (χ1) is 14.2. The standard InChI is InChI=1S/C24H29N3O3/c1-6-20(23(25)29)12-9-17(3)22(26-5)15-21(18(4)28)24(30)27-14-13-19-10-7-16(2)8-11-19/h6-12,15H,3,13-14H2,1-2,4-5H3,(H2,25,29)(H,27,30)/b12-9-,20-6+,21-15+,26-22?. The number of ketones is 1. The van der Waals surface area contributed by atoms with Gasteiger partial charge in [0.2, 0.25) is 5.91 Å². The summed E-state index contributed by atoms with van der Waals surface area (Å²) in [5.74, 6) is -1.42. The van der Waals surface area contributed by atoms with Gasteiger partial charge in [-0.3, -0.25) is 19.4 Å². The molecule has 6 nitrogen and oxygen atoms in total. The average Bonchev–Trinajstić information content (AvgIpc) is 2.69. The molecule has 0 spiro atoms. The number of aryl methyl sites for hydroxylation is 1. The van der Waals surface area contributed by atoms with E-state index in [2.05, 4.69) is 16.9 Å². The second-order valence-corrected chi connectivity index (χ2v) is 6.68. The van der Waals surface area contributed by atoms with E-state index in [-0.39, 0.29) is 11.4 Å². The minimum atomic E-state index is -0.565. The van der Waals surface area contributed by atoms with Crippen LogP contribution < -0.4 is 11.1 Å². The van der Waals surface area contributed by atoms with E-state index in [0.717, 1.165) is 5.56 Å². The van der Waals surface area contributed by atoms with Gasteiger partial charge < -0.3 is 11.1 Å². The summed E-state index contributed by atoms with van der Waals surface area (Å²) in [5.41, 5.74) is 8.62. The third kappa shape index (κ3) is 7.83. The summed E-state index contributed by atoms with van der Waals surface area (Å²) in [6, 6.07) is 8.04. The third-order valence-electron chi connectivity index (χ3n) is 4.35. The van der Waals surface area contributed by atoms with E-state index in [1.165, 1.54) is 31.7 Å². The fourth-order valence-electron chi connectivity index (χ4n) is 2.53. The molecule has 0 atom stereocenters. The molecule has 6 heteroatoms. The average molecular weight is 408 g/mol. The monoisotopic (exact) mass is 407 g/mol. The number of Topliss-reactive ketones (excluding diaryl/α,β-unsaturated/α-hetero) is 1. The Morgan fingerprint density at radius 1 is 1.17 bits per heavy atom. The molecule has 0 saturated heterocycles. The molecule has 0 aromatic heterocycles. The number of nitrogens with two attached hydrogens (primary N) is 1. The van der Waals surface area contributed by atoms with Crippen LogP contribution in [0.3, 0.4) is 0 Å². The van der Waals surface area contributed by atoms with Gasteiger partial charge >= 0.3 is 0 Å². The molecule has 1 aromatic rings. The number of allylic oxidation sites excluding steroid dienone is 4. The molecule has 1 rings (SSSR count). The van der Waals surface area contributed by atoms with Gasteiger partial charge in [-0.05, 0) is 50.5 Å². The highest BCUT2D eigenvalue weighted by Crippen LogP contribution is 2.08. The molecule has 30 heavy (non-hydrogen) atoms. The van der Waals surface area contributed by atoms with Crippen LogP contribution in [0.5, 0.6) is 0 Å². The van der Waals surface area contributed by atoms with Gasteiger partial charge in [0.05, 0.1) is 11.3 Å². The van der Waals surface area contributed by atoms with Crippen molar-refractivity contribution in [2.75, 3.05) is 13.6 Å². The van der Waals surface area contributed by atoms with Gasteiger partial charge in [-0.2, -0.15) is 0 Å². The minimum absolute atomic E-state index is 0.0183. The van der Waals surface area contributed by atoms with E-state index < -0.39 is 11.8 Å². The van der Waals surface area contributed by atoms with Crippen molar-refractivity contribution in [2.45, 2.75) is 27.2 Å². The van der Waals surface area contributed by atoms with Crippen molar-refractivity contribution in [2.24, 2.45) is 10.7 Å². The van der Waals surface area contributed by atoms with Crippen LogP contribution in [0.2, 0.25) is 0 Å². The lowest BCUT2D eigenvalue weighted by Crippen LogP contribution is -2.30. The molecule has 0 aliphatic carbocycles. The Labute approximate surface area is 178 Å². The normalized spacial score (nSPS) is 12.7. The number of nitrogens with one attached hydrogen (secondary N) is 1. The number of hydrogen-bond acceptors (Lipinski definition) is 4. The van der Waals surface area contributed by atoms with Gasteiger partial charge in [-0.15, -0.1) is 0 Å². The number of rotatable bonds is 10. The topological polar surface area (TPSA) is 102 Å². The molecule has 0 aliphatic rings. The molecular formula is C24H29N3O3. The van der Waals surface area contributed by atoms with Crippen molar-refractivity contribution >= 4 is 23.3 Å². The van der Waals surface area contributed by atoms with Crippen molar-refractivity contribution < 1.29 is 14.4 Å². The number of amides is 2. The lowest BCUT2D eigenvalue weighted by Gasteiger charge is -2.08. The molecule has 3 N–H and O–H groups in total. The zero-order valence-electron chi connectivity index (χ0n) is 18.0. The van der Waals surface area contributed by atoms with Crippen molar-refractivity contribution in [3.8, 4) is 0 Å². The fraction of sp³-hybridized carbons (Fsp3) is 0.250. The number of carbonyl (C=O) groups is 3. The molecular weight excluding hydrogens is 378 g/mol. The van der Waals surface area contributed by atoms with Gasteiger partial charge in [0.15, 0.2) is 5.78 Å². The van der Waals surface area contributed by atoms with Crippen LogP contribution in [0, 0.1) is 6.92 Å². The van der Waals surface area contributed by atoms with Gasteiger partial charge in [0, 0.05) is 19.2 Å². The number of nitrogens with zero attached hydrogens (tertiary/aromatic N) is 1. The summed E-state index contributed by atoms with van der Waals surface area (Å²) in [5, 5.41) is 2.77. The summed E-state index contributed by atoms with van der Waals surface area (Å²) < 4.78 is 0. The number of aliphatic imine (C=N–C) groups is 1. The molecule has 0 unspecified atom stereocenters. The Bertz CT molecular complexity index is 933. The quantitative estimate of drug-likeness (QED) is 0.205. The predicted molar refractivity (Wildman–Crippen MR) is 121 cm³/mol. The molecule has 0 aliphatic heterocycles. The largest absolute Gasteiger partial charge is 0.366 e. The smallest absolute Gasteiger partial charge is 0.254 e. The molecule has 1 aromatic carbocycles. The first kappa shape index (κ1) is 24.5.